The first-order valence-corrected chi connectivity index (χ1v) is 4.64. The number of hydrogen-bond acceptors (Lipinski definition) is 3. The Hall–Kier alpha value is -2.36. The second-order valence-electron chi connectivity index (χ2n) is 3.18. The van der Waals surface area contributed by atoms with Crippen LogP contribution in [0.2, 0.25) is 0 Å². The van der Waals surface area contributed by atoms with Crippen molar-refractivity contribution in [1.82, 2.24) is 0 Å². The molecule has 0 bridgehead atoms. The molecule has 0 saturated carbocycles. The molecule has 18 heavy (non-hydrogen) atoms. The van der Waals surface area contributed by atoms with Gasteiger partial charge in [-0.05, 0) is 18.2 Å². The Kier molecular flexibility index (Phi) is 4.05. The lowest BCUT2D eigenvalue weighted by atomic mass is 10.2. The molecule has 0 spiro atoms. The molecule has 0 heterocycles. The molecule has 0 aromatic heterocycles. The molecule has 4 nitrogen and oxygen atoms in total. The van der Waals surface area contributed by atoms with Gasteiger partial charge in [0.1, 0.15) is 12.2 Å². The van der Waals surface area contributed by atoms with Crippen LogP contribution < -0.4 is 10.5 Å². The van der Waals surface area contributed by atoms with Crippen molar-refractivity contribution in [2.45, 2.75) is 12.8 Å². The van der Waals surface area contributed by atoms with E-state index in [0.29, 0.717) is 0 Å². The lowest BCUT2D eigenvalue weighted by Crippen LogP contribution is -2.17. The second-order valence-corrected chi connectivity index (χ2v) is 3.18. The molecule has 1 aromatic rings. The third kappa shape index (κ3) is 4.65. The van der Waals surface area contributed by atoms with Crippen LogP contribution >= 0.6 is 0 Å². The van der Waals surface area contributed by atoms with Gasteiger partial charge < -0.3 is 15.6 Å². The van der Waals surface area contributed by atoms with Gasteiger partial charge in [0.05, 0.1) is 5.56 Å². The summed E-state index contributed by atoms with van der Waals surface area (Å²) in [5.74, 6) is 2.78. The minimum Gasteiger partial charge on any atom is -0.481 e. The van der Waals surface area contributed by atoms with Gasteiger partial charge >= 0.3 is 12.3 Å². The number of hydrogen-bond donors (Lipinski definition) is 2. The summed E-state index contributed by atoms with van der Waals surface area (Å²) in [6.07, 6.45) is -5.33. The number of ether oxygens (including phenoxy) is 1. The Morgan fingerprint density at radius 1 is 1.44 bits per heavy atom. The van der Waals surface area contributed by atoms with Gasteiger partial charge in [-0.15, -0.1) is 13.2 Å². The molecule has 96 valence electrons. The van der Waals surface area contributed by atoms with Crippen LogP contribution in [0.1, 0.15) is 12.0 Å². The highest BCUT2D eigenvalue weighted by atomic mass is 19.4. The fourth-order valence-corrected chi connectivity index (χ4v) is 1.07. The number of aliphatic carboxylic acids is 1. The quantitative estimate of drug-likeness (QED) is 0.629. The first-order chi connectivity index (χ1) is 8.28. The van der Waals surface area contributed by atoms with Crippen LogP contribution in [0.25, 0.3) is 0 Å². The van der Waals surface area contributed by atoms with Crippen molar-refractivity contribution >= 4 is 11.7 Å². The molecule has 0 aliphatic carbocycles. The maximum absolute atomic E-state index is 12.1. The topological polar surface area (TPSA) is 72.5 Å². The molecule has 7 heteroatoms. The molecule has 0 saturated heterocycles. The van der Waals surface area contributed by atoms with Gasteiger partial charge in [-0.1, -0.05) is 11.8 Å². The van der Waals surface area contributed by atoms with Crippen molar-refractivity contribution in [3.8, 4) is 17.6 Å². The summed E-state index contributed by atoms with van der Waals surface area (Å²) in [4.78, 5) is 10.2. The number of nitrogen functional groups attached to an aromatic ring is 1. The molecular weight excluding hydrogens is 251 g/mol. The summed E-state index contributed by atoms with van der Waals surface area (Å²) in [6, 6.07) is 3.42. The molecule has 1 rings (SSSR count). The summed E-state index contributed by atoms with van der Waals surface area (Å²) in [5.41, 5.74) is 5.48. The molecule has 0 fully saturated rings. The van der Waals surface area contributed by atoms with Crippen molar-refractivity contribution in [2.75, 3.05) is 5.73 Å². The van der Waals surface area contributed by atoms with E-state index < -0.39 is 24.5 Å². The van der Waals surface area contributed by atoms with Crippen LogP contribution in [-0.4, -0.2) is 17.4 Å². The Labute approximate surface area is 100 Å². The second kappa shape index (κ2) is 5.31. The molecule has 0 aliphatic rings. The van der Waals surface area contributed by atoms with Crippen LogP contribution in [0, 0.1) is 11.8 Å². The van der Waals surface area contributed by atoms with Gasteiger partial charge in [0.2, 0.25) is 0 Å². The summed E-state index contributed by atoms with van der Waals surface area (Å²) in [5, 5.41) is 8.36. The molecule has 0 unspecified atom stereocenters. The lowest BCUT2D eigenvalue weighted by Gasteiger charge is -2.10. The molecule has 0 radical (unpaired) electrons. The van der Waals surface area contributed by atoms with E-state index in [0.717, 1.165) is 6.07 Å². The Balaban J connectivity index is 3.03. The number of halogens is 3. The Morgan fingerprint density at radius 3 is 2.67 bits per heavy atom. The van der Waals surface area contributed by atoms with Crippen molar-refractivity contribution in [3.63, 3.8) is 0 Å². The number of carboxylic acid groups (broad SMARTS) is 1. The predicted octanol–water partition coefficient (Wildman–Crippen LogP) is 1.99. The molecule has 3 N–H and O–H groups in total. The molecule has 0 amide bonds. The zero-order chi connectivity index (χ0) is 13.8. The first kappa shape index (κ1) is 13.7. The number of benzene rings is 1. The van der Waals surface area contributed by atoms with Crippen LogP contribution in [0.4, 0.5) is 18.9 Å². The smallest absolute Gasteiger partial charge is 0.481 e. The van der Waals surface area contributed by atoms with Crippen LogP contribution in [0.3, 0.4) is 0 Å². The lowest BCUT2D eigenvalue weighted by molar-refractivity contribution is -0.274. The number of anilines is 1. The normalized spacial score (nSPS) is 10.4. The molecular formula is C11H8F3NO3. The van der Waals surface area contributed by atoms with Crippen LogP contribution in [0.15, 0.2) is 18.2 Å². The minimum absolute atomic E-state index is 0.117. The van der Waals surface area contributed by atoms with Gasteiger partial charge in [0.15, 0.2) is 0 Å². The largest absolute Gasteiger partial charge is 0.573 e. The SMILES string of the molecule is Nc1ccc(OC(F)(F)F)c(C#CCC(=O)O)c1. The number of rotatable bonds is 2. The zero-order valence-electron chi connectivity index (χ0n) is 8.91. The summed E-state index contributed by atoms with van der Waals surface area (Å²) < 4.78 is 40.0. The zero-order valence-corrected chi connectivity index (χ0v) is 8.91. The van der Waals surface area contributed by atoms with Crippen molar-refractivity contribution < 1.29 is 27.8 Å². The monoisotopic (exact) mass is 259 g/mol. The number of carboxylic acids is 1. The fraction of sp³-hybridized carbons (Fsp3) is 0.182. The standard InChI is InChI=1S/C11H8F3NO3/c12-11(13,14)18-9-5-4-8(15)6-7(9)2-1-3-10(16)17/h4-6H,3,15H2,(H,16,17). The van der Waals surface area contributed by atoms with E-state index in [9.17, 15) is 18.0 Å². The van der Waals surface area contributed by atoms with E-state index in [4.69, 9.17) is 10.8 Å². The highest BCUT2D eigenvalue weighted by molar-refractivity contribution is 5.70. The average Bonchev–Trinajstić information content (AvgIpc) is 2.19. The van der Waals surface area contributed by atoms with Gasteiger partial charge in [0.25, 0.3) is 0 Å². The average molecular weight is 259 g/mol. The summed E-state index contributed by atoms with van der Waals surface area (Å²) >= 11 is 0. The van der Waals surface area contributed by atoms with Gasteiger partial charge in [-0.3, -0.25) is 4.79 Å². The van der Waals surface area contributed by atoms with Crippen LogP contribution in [0.5, 0.6) is 5.75 Å². The van der Waals surface area contributed by atoms with E-state index in [1.807, 2.05) is 0 Å². The first-order valence-electron chi connectivity index (χ1n) is 4.64. The highest BCUT2D eigenvalue weighted by Crippen LogP contribution is 2.27. The Morgan fingerprint density at radius 2 is 2.11 bits per heavy atom. The van der Waals surface area contributed by atoms with E-state index in [1.165, 1.54) is 12.1 Å². The molecule has 1 aromatic carbocycles. The van der Waals surface area contributed by atoms with Gasteiger partial charge in [0, 0.05) is 5.69 Å². The summed E-state index contributed by atoms with van der Waals surface area (Å²) in [6.45, 7) is 0. The van der Waals surface area contributed by atoms with E-state index in [-0.39, 0.29) is 11.3 Å². The van der Waals surface area contributed by atoms with Crippen molar-refractivity contribution in [3.05, 3.63) is 23.8 Å². The van der Waals surface area contributed by atoms with E-state index in [1.54, 1.807) is 0 Å². The van der Waals surface area contributed by atoms with E-state index in [2.05, 4.69) is 16.6 Å². The fourth-order valence-electron chi connectivity index (χ4n) is 1.07. The Bertz CT molecular complexity index is 514. The highest BCUT2D eigenvalue weighted by Gasteiger charge is 2.31. The predicted molar refractivity (Wildman–Crippen MR) is 56.7 cm³/mol. The maximum Gasteiger partial charge on any atom is 0.573 e. The number of carbonyl (C=O) groups is 1. The third-order valence-electron chi connectivity index (χ3n) is 1.69. The van der Waals surface area contributed by atoms with Crippen LogP contribution in [-0.2, 0) is 4.79 Å². The van der Waals surface area contributed by atoms with Crippen molar-refractivity contribution in [2.24, 2.45) is 0 Å². The molecule has 0 aliphatic heterocycles. The summed E-state index contributed by atoms with van der Waals surface area (Å²) in [7, 11) is 0. The third-order valence-corrected chi connectivity index (χ3v) is 1.69. The van der Waals surface area contributed by atoms with E-state index >= 15 is 0 Å². The number of nitrogens with two attached hydrogens (primary N) is 1. The molecule has 0 atom stereocenters. The number of alkyl halides is 3. The minimum atomic E-state index is -4.85. The van der Waals surface area contributed by atoms with Crippen molar-refractivity contribution in [1.29, 1.82) is 0 Å². The maximum atomic E-state index is 12.1. The van der Waals surface area contributed by atoms with Gasteiger partial charge in [-0.25, -0.2) is 0 Å². The van der Waals surface area contributed by atoms with Gasteiger partial charge in [-0.2, -0.15) is 0 Å².